The summed E-state index contributed by atoms with van der Waals surface area (Å²) in [7, 11) is 0. The Labute approximate surface area is 122 Å². The van der Waals surface area contributed by atoms with Crippen LogP contribution < -0.4 is 11.1 Å². The summed E-state index contributed by atoms with van der Waals surface area (Å²) in [6.45, 7) is 4.87. The van der Waals surface area contributed by atoms with Crippen molar-refractivity contribution in [1.29, 1.82) is 0 Å². The lowest BCUT2D eigenvalue weighted by Gasteiger charge is -2.24. The van der Waals surface area contributed by atoms with Gasteiger partial charge in [-0.2, -0.15) is 0 Å². The summed E-state index contributed by atoms with van der Waals surface area (Å²) in [5.41, 5.74) is 7.18. The molecule has 0 unspecified atom stereocenters. The van der Waals surface area contributed by atoms with Crippen LogP contribution in [0.2, 0.25) is 0 Å². The van der Waals surface area contributed by atoms with Gasteiger partial charge in [-0.25, -0.2) is 4.98 Å². The molecule has 0 aliphatic rings. The molecule has 0 fully saturated rings. The van der Waals surface area contributed by atoms with Gasteiger partial charge in [-0.3, -0.25) is 0 Å². The Morgan fingerprint density at radius 1 is 1.50 bits per heavy atom. The third kappa shape index (κ3) is 3.34. The molecule has 6 heteroatoms. The van der Waals surface area contributed by atoms with E-state index in [1.807, 2.05) is 35.8 Å². The first kappa shape index (κ1) is 14.5. The zero-order chi connectivity index (χ0) is 14.6. The van der Waals surface area contributed by atoms with Crippen LogP contribution >= 0.6 is 11.3 Å². The standard InChI is InChI=1S/C14H18N4OS/c1-14(2,13-16-6-7-20-13)17-9-10-4-3-5-11(8-10)12(15)18-19/h3-8,17,19H,9H2,1-2H3,(H2,15,18). The number of oxime groups is 1. The summed E-state index contributed by atoms with van der Waals surface area (Å²) in [5.74, 6) is 0.117. The molecule has 1 aromatic carbocycles. The second-order valence-electron chi connectivity index (χ2n) is 5.00. The van der Waals surface area contributed by atoms with Crippen molar-refractivity contribution >= 4 is 17.2 Å². The summed E-state index contributed by atoms with van der Waals surface area (Å²) in [4.78, 5) is 4.34. The van der Waals surface area contributed by atoms with Crippen LogP contribution in [0.3, 0.4) is 0 Å². The molecule has 0 aliphatic heterocycles. The monoisotopic (exact) mass is 290 g/mol. The highest BCUT2D eigenvalue weighted by Gasteiger charge is 2.22. The minimum atomic E-state index is -0.194. The molecule has 5 nitrogen and oxygen atoms in total. The number of thiazole rings is 1. The summed E-state index contributed by atoms with van der Waals surface area (Å²) < 4.78 is 0. The number of nitrogens with zero attached hydrogens (tertiary/aromatic N) is 2. The number of aromatic nitrogens is 1. The van der Waals surface area contributed by atoms with Gasteiger partial charge in [-0.05, 0) is 25.5 Å². The van der Waals surface area contributed by atoms with Gasteiger partial charge in [0.1, 0.15) is 5.01 Å². The lowest BCUT2D eigenvalue weighted by Crippen LogP contribution is -2.35. The molecule has 0 spiro atoms. The van der Waals surface area contributed by atoms with E-state index in [0.29, 0.717) is 12.1 Å². The van der Waals surface area contributed by atoms with E-state index in [1.165, 1.54) is 0 Å². The van der Waals surface area contributed by atoms with Crippen molar-refractivity contribution in [2.75, 3.05) is 0 Å². The average molecular weight is 290 g/mol. The maximum atomic E-state index is 8.70. The molecule has 106 valence electrons. The lowest BCUT2D eigenvalue weighted by atomic mass is 10.1. The minimum absolute atomic E-state index is 0.117. The van der Waals surface area contributed by atoms with Gasteiger partial charge >= 0.3 is 0 Å². The smallest absolute Gasteiger partial charge is 0.170 e. The molecule has 0 saturated heterocycles. The summed E-state index contributed by atoms with van der Waals surface area (Å²) in [6, 6.07) is 7.60. The zero-order valence-corrected chi connectivity index (χ0v) is 12.3. The summed E-state index contributed by atoms with van der Waals surface area (Å²) in [6.07, 6.45) is 1.81. The number of nitrogens with one attached hydrogen (secondary N) is 1. The number of nitrogens with two attached hydrogens (primary N) is 1. The van der Waals surface area contributed by atoms with Gasteiger partial charge in [0.15, 0.2) is 5.84 Å². The Balaban J connectivity index is 2.08. The van der Waals surface area contributed by atoms with E-state index in [4.69, 9.17) is 10.9 Å². The van der Waals surface area contributed by atoms with E-state index >= 15 is 0 Å². The Kier molecular flexibility index (Phi) is 4.36. The van der Waals surface area contributed by atoms with Crippen LogP contribution in [0.15, 0.2) is 41.0 Å². The molecule has 2 aromatic rings. The normalized spacial score (nSPS) is 12.6. The fourth-order valence-corrected chi connectivity index (χ4v) is 2.57. The largest absolute Gasteiger partial charge is 0.409 e. The first-order valence-electron chi connectivity index (χ1n) is 6.25. The van der Waals surface area contributed by atoms with E-state index in [9.17, 15) is 0 Å². The van der Waals surface area contributed by atoms with E-state index in [-0.39, 0.29) is 11.4 Å². The van der Waals surface area contributed by atoms with Crippen molar-refractivity contribution in [2.45, 2.75) is 25.9 Å². The van der Waals surface area contributed by atoms with E-state index in [1.54, 1.807) is 11.3 Å². The molecule has 0 aliphatic carbocycles. The van der Waals surface area contributed by atoms with E-state index in [0.717, 1.165) is 10.6 Å². The maximum Gasteiger partial charge on any atom is 0.170 e. The molecule has 0 amide bonds. The number of benzene rings is 1. The number of rotatable bonds is 5. The summed E-state index contributed by atoms with van der Waals surface area (Å²) >= 11 is 1.63. The second-order valence-corrected chi connectivity index (χ2v) is 5.90. The number of hydrogen-bond acceptors (Lipinski definition) is 5. The average Bonchev–Trinajstić information content (AvgIpc) is 3.00. The molecule has 0 saturated carbocycles. The van der Waals surface area contributed by atoms with Crippen molar-refractivity contribution in [3.05, 3.63) is 52.0 Å². The van der Waals surface area contributed by atoms with Gasteiger partial charge in [0.05, 0.1) is 5.54 Å². The molecule has 1 aromatic heterocycles. The molecular formula is C14H18N4OS. The number of amidine groups is 1. The predicted molar refractivity (Wildman–Crippen MR) is 80.9 cm³/mol. The topological polar surface area (TPSA) is 83.5 Å². The van der Waals surface area contributed by atoms with Gasteiger partial charge in [0, 0.05) is 23.7 Å². The van der Waals surface area contributed by atoms with Gasteiger partial charge in [0.2, 0.25) is 0 Å². The van der Waals surface area contributed by atoms with Crippen LogP contribution in [0.4, 0.5) is 0 Å². The van der Waals surface area contributed by atoms with E-state index < -0.39 is 0 Å². The fourth-order valence-electron chi connectivity index (χ4n) is 1.83. The second kappa shape index (κ2) is 6.02. The lowest BCUT2D eigenvalue weighted by molar-refractivity contribution is 0.318. The van der Waals surface area contributed by atoms with Crippen LogP contribution in [0.25, 0.3) is 0 Å². The molecule has 1 heterocycles. The van der Waals surface area contributed by atoms with Crippen LogP contribution in [-0.4, -0.2) is 16.0 Å². The summed E-state index contributed by atoms with van der Waals surface area (Å²) in [5, 5.41) is 18.2. The molecule has 0 atom stereocenters. The highest BCUT2D eigenvalue weighted by Crippen LogP contribution is 2.22. The van der Waals surface area contributed by atoms with E-state index in [2.05, 4.69) is 29.3 Å². The van der Waals surface area contributed by atoms with Crippen LogP contribution in [-0.2, 0) is 12.1 Å². The molecule has 2 rings (SSSR count). The minimum Gasteiger partial charge on any atom is -0.409 e. The Bertz CT molecular complexity index is 593. The molecule has 0 radical (unpaired) electrons. The Morgan fingerprint density at radius 3 is 2.95 bits per heavy atom. The SMILES string of the molecule is CC(C)(NCc1cccc(/C(N)=N/O)c1)c1nccs1. The first-order valence-corrected chi connectivity index (χ1v) is 7.13. The predicted octanol–water partition coefficient (Wildman–Crippen LogP) is 2.26. The quantitative estimate of drug-likeness (QED) is 0.341. The van der Waals surface area contributed by atoms with Gasteiger partial charge < -0.3 is 16.3 Å². The molecular weight excluding hydrogens is 272 g/mol. The van der Waals surface area contributed by atoms with Crippen LogP contribution in [0, 0.1) is 0 Å². The van der Waals surface area contributed by atoms with Crippen molar-refractivity contribution in [1.82, 2.24) is 10.3 Å². The van der Waals surface area contributed by atoms with Gasteiger partial charge in [-0.15, -0.1) is 11.3 Å². The third-order valence-electron chi connectivity index (χ3n) is 3.03. The van der Waals surface area contributed by atoms with Crippen molar-refractivity contribution in [2.24, 2.45) is 10.9 Å². The Hall–Kier alpha value is -1.92. The fraction of sp³-hybridized carbons (Fsp3) is 0.286. The highest BCUT2D eigenvalue weighted by atomic mass is 32.1. The van der Waals surface area contributed by atoms with Crippen molar-refractivity contribution < 1.29 is 5.21 Å². The van der Waals surface area contributed by atoms with Crippen LogP contribution in [0.1, 0.15) is 30.0 Å². The number of hydrogen-bond donors (Lipinski definition) is 3. The first-order chi connectivity index (χ1) is 9.53. The van der Waals surface area contributed by atoms with Crippen molar-refractivity contribution in [3.63, 3.8) is 0 Å². The Morgan fingerprint density at radius 2 is 2.30 bits per heavy atom. The molecule has 20 heavy (non-hydrogen) atoms. The van der Waals surface area contributed by atoms with Gasteiger partial charge in [-0.1, -0.05) is 23.4 Å². The zero-order valence-electron chi connectivity index (χ0n) is 11.5. The third-order valence-corrected chi connectivity index (χ3v) is 4.13. The van der Waals surface area contributed by atoms with Crippen LogP contribution in [0.5, 0.6) is 0 Å². The maximum absolute atomic E-state index is 8.70. The molecule has 4 N–H and O–H groups in total. The van der Waals surface area contributed by atoms with Gasteiger partial charge in [0.25, 0.3) is 0 Å². The highest BCUT2D eigenvalue weighted by molar-refractivity contribution is 7.09. The van der Waals surface area contributed by atoms with Crippen molar-refractivity contribution in [3.8, 4) is 0 Å². The molecule has 0 bridgehead atoms.